The Kier molecular flexibility index (Phi) is 3.79. The average Bonchev–Trinajstić information content (AvgIpc) is 2.36. The highest BCUT2D eigenvalue weighted by Crippen LogP contribution is 2.20. The third-order valence-corrected chi connectivity index (χ3v) is 3.46. The van der Waals surface area contributed by atoms with Gasteiger partial charge in [0.15, 0.2) is 0 Å². The van der Waals surface area contributed by atoms with Crippen molar-refractivity contribution in [1.29, 1.82) is 10.5 Å². The summed E-state index contributed by atoms with van der Waals surface area (Å²) in [5.74, 6) is 0.247. The zero-order chi connectivity index (χ0) is 13.8. The molecule has 1 amide bonds. The minimum Gasteiger partial charge on any atom is -0.326 e. The molecular formula is C14H14N4O. The summed E-state index contributed by atoms with van der Waals surface area (Å²) in [4.78, 5) is 12.0. The van der Waals surface area contributed by atoms with Gasteiger partial charge in [0, 0.05) is 11.6 Å². The highest BCUT2D eigenvalue weighted by molar-refractivity contribution is 5.92. The van der Waals surface area contributed by atoms with E-state index in [2.05, 4.69) is 10.6 Å². The first-order valence-corrected chi connectivity index (χ1v) is 6.11. The fraction of sp³-hybridized carbons (Fsp3) is 0.357. The molecule has 2 rings (SSSR count). The van der Waals surface area contributed by atoms with E-state index in [4.69, 9.17) is 10.5 Å². The SMILES string of the molecule is CC(C(=O)Nc1ccc(C#N)c(C#N)c1)C1CNC1. The molecule has 0 saturated carbocycles. The summed E-state index contributed by atoms with van der Waals surface area (Å²) >= 11 is 0. The molecule has 1 aromatic rings. The lowest BCUT2D eigenvalue weighted by atomic mass is 9.88. The van der Waals surface area contributed by atoms with E-state index in [0.717, 1.165) is 13.1 Å². The van der Waals surface area contributed by atoms with Crippen LogP contribution in [0.4, 0.5) is 5.69 Å². The molecule has 19 heavy (non-hydrogen) atoms. The van der Waals surface area contributed by atoms with E-state index in [1.165, 1.54) is 6.07 Å². The van der Waals surface area contributed by atoms with Crippen LogP contribution in [0.3, 0.4) is 0 Å². The molecule has 1 aliphatic rings. The van der Waals surface area contributed by atoms with Crippen LogP contribution < -0.4 is 10.6 Å². The van der Waals surface area contributed by atoms with Crippen LogP contribution in [-0.4, -0.2) is 19.0 Å². The Labute approximate surface area is 111 Å². The molecule has 1 saturated heterocycles. The summed E-state index contributed by atoms with van der Waals surface area (Å²) in [6, 6.07) is 8.61. The molecule has 1 fully saturated rings. The van der Waals surface area contributed by atoms with Crippen LogP contribution in [0.2, 0.25) is 0 Å². The summed E-state index contributed by atoms with van der Waals surface area (Å²) in [5.41, 5.74) is 1.15. The topological polar surface area (TPSA) is 88.7 Å². The van der Waals surface area contributed by atoms with Gasteiger partial charge in [-0.25, -0.2) is 0 Å². The van der Waals surface area contributed by atoms with Crippen LogP contribution in [0.1, 0.15) is 18.1 Å². The lowest BCUT2D eigenvalue weighted by Gasteiger charge is -2.31. The summed E-state index contributed by atoms with van der Waals surface area (Å²) in [5, 5.41) is 23.7. The molecule has 0 aromatic heterocycles. The molecule has 2 N–H and O–H groups in total. The Morgan fingerprint density at radius 3 is 2.58 bits per heavy atom. The van der Waals surface area contributed by atoms with Crippen LogP contribution in [0.15, 0.2) is 18.2 Å². The second-order valence-corrected chi connectivity index (χ2v) is 4.68. The second-order valence-electron chi connectivity index (χ2n) is 4.68. The van der Waals surface area contributed by atoms with Gasteiger partial charge in [-0.1, -0.05) is 6.92 Å². The first-order valence-electron chi connectivity index (χ1n) is 6.11. The van der Waals surface area contributed by atoms with Crippen LogP contribution in [0.5, 0.6) is 0 Å². The van der Waals surface area contributed by atoms with E-state index in [9.17, 15) is 4.79 Å². The molecular weight excluding hydrogens is 240 g/mol. The number of benzene rings is 1. The van der Waals surface area contributed by atoms with Crippen molar-refractivity contribution >= 4 is 11.6 Å². The van der Waals surface area contributed by atoms with Crippen LogP contribution in [0, 0.1) is 34.5 Å². The van der Waals surface area contributed by atoms with Crippen molar-refractivity contribution in [2.24, 2.45) is 11.8 Å². The first-order chi connectivity index (χ1) is 9.15. The molecule has 0 bridgehead atoms. The van der Waals surface area contributed by atoms with Crippen molar-refractivity contribution < 1.29 is 4.79 Å². The maximum Gasteiger partial charge on any atom is 0.227 e. The van der Waals surface area contributed by atoms with E-state index in [1.54, 1.807) is 12.1 Å². The predicted octanol–water partition coefficient (Wildman–Crippen LogP) is 1.22. The smallest absolute Gasteiger partial charge is 0.227 e. The third-order valence-electron chi connectivity index (χ3n) is 3.46. The molecule has 96 valence electrons. The number of nitrogens with one attached hydrogen (secondary N) is 2. The molecule has 0 radical (unpaired) electrons. The number of hydrogen-bond acceptors (Lipinski definition) is 4. The Hall–Kier alpha value is -2.37. The third kappa shape index (κ3) is 2.73. The number of nitrogens with zero attached hydrogens (tertiary/aromatic N) is 2. The molecule has 1 atom stereocenters. The van der Waals surface area contributed by atoms with Crippen LogP contribution >= 0.6 is 0 Å². The molecule has 1 heterocycles. The number of hydrogen-bond donors (Lipinski definition) is 2. The van der Waals surface area contributed by atoms with Gasteiger partial charge < -0.3 is 10.6 Å². The molecule has 5 heteroatoms. The van der Waals surface area contributed by atoms with Crippen molar-refractivity contribution in [3.8, 4) is 12.1 Å². The van der Waals surface area contributed by atoms with Gasteiger partial charge in [-0.15, -0.1) is 0 Å². The van der Waals surface area contributed by atoms with Crippen molar-refractivity contribution in [2.45, 2.75) is 6.92 Å². The molecule has 1 aromatic carbocycles. The lowest BCUT2D eigenvalue weighted by molar-refractivity contribution is -0.121. The first kappa shape index (κ1) is 13.1. The van der Waals surface area contributed by atoms with Gasteiger partial charge in [0.1, 0.15) is 12.1 Å². The van der Waals surface area contributed by atoms with Crippen molar-refractivity contribution in [3.05, 3.63) is 29.3 Å². The number of anilines is 1. The number of carbonyl (C=O) groups excluding carboxylic acids is 1. The van der Waals surface area contributed by atoms with E-state index in [0.29, 0.717) is 17.2 Å². The minimum absolute atomic E-state index is 0.0555. The summed E-state index contributed by atoms with van der Waals surface area (Å²) < 4.78 is 0. The molecule has 1 aliphatic heterocycles. The van der Waals surface area contributed by atoms with Gasteiger partial charge in [-0.05, 0) is 37.2 Å². The largest absolute Gasteiger partial charge is 0.326 e. The van der Waals surface area contributed by atoms with Crippen molar-refractivity contribution in [1.82, 2.24) is 5.32 Å². The molecule has 0 aliphatic carbocycles. The maximum atomic E-state index is 12.0. The Bertz CT molecular complexity index is 578. The van der Waals surface area contributed by atoms with Crippen LogP contribution in [0.25, 0.3) is 0 Å². The zero-order valence-electron chi connectivity index (χ0n) is 10.6. The number of nitriles is 2. The molecule has 1 unspecified atom stereocenters. The van der Waals surface area contributed by atoms with E-state index in [1.807, 2.05) is 19.1 Å². The quantitative estimate of drug-likeness (QED) is 0.848. The van der Waals surface area contributed by atoms with Gasteiger partial charge in [-0.3, -0.25) is 4.79 Å². The Morgan fingerprint density at radius 1 is 1.37 bits per heavy atom. The highest BCUT2D eigenvalue weighted by atomic mass is 16.1. The van der Waals surface area contributed by atoms with Gasteiger partial charge >= 0.3 is 0 Å². The van der Waals surface area contributed by atoms with Crippen LogP contribution in [-0.2, 0) is 4.79 Å². The van der Waals surface area contributed by atoms with E-state index >= 15 is 0 Å². The standard InChI is InChI=1S/C14H14N4O/c1-9(12-7-17-8-12)14(19)18-13-3-2-10(5-15)11(4-13)6-16/h2-4,9,12,17H,7-8H2,1H3,(H,18,19). The normalized spacial score (nSPS) is 15.7. The molecule has 0 spiro atoms. The number of carbonyl (C=O) groups is 1. The van der Waals surface area contributed by atoms with Gasteiger partial charge in [0.2, 0.25) is 5.91 Å². The second kappa shape index (κ2) is 5.51. The summed E-state index contributed by atoms with van der Waals surface area (Å²) in [6.45, 7) is 3.63. The van der Waals surface area contributed by atoms with E-state index < -0.39 is 0 Å². The van der Waals surface area contributed by atoms with Crippen molar-refractivity contribution in [3.63, 3.8) is 0 Å². The predicted molar refractivity (Wildman–Crippen MR) is 70.0 cm³/mol. The summed E-state index contributed by atoms with van der Waals surface area (Å²) in [6.07, 6.45) is 0. The van der Waals surface area contributed by atoms with Gasteiger partial charge in [-0.2, -0.15) is 10.5 Å². The Balaban J connectivity index is 2.09. The highest BCUT2D eigenvalue weighted by Gasteiger charge is 2.28. The Morgan fingerprint density at radius 2 is 2.05 bits per heavy atom. The fourth-order valence-corrected chi connectivity index (χ4v) is 1.95. The zero-order valence-corrected chi connectivity index (χ0v) is 10.6. The minimum atomic E-state index is -0.0672. The lowest BCUT2D eigenvalue weighted by Crippen LogP contribution is -2.48. The summed E-state index contributed by atoms with van der Waals surface area (Å²) in [7, 11) is 0. The number of rotatable bonds is 3. The maximum absolute atomic E-state index is 12.0. The number of amides is 1. The van der Waals surface area contributed by atoms with E-state index in [-0.39, 0.29) is 17.4 Å². The van der Waals surface area contributed by atoms with Gasteiger partial charge in [0.25, 0.3) is 0 Å². The van der Waals surface area contributed by atoms with Crippen molar-refractivity contribution in [2.75, 3.05) is 18.4 Å². The average molecular weight is 254 g/mol. The fourth-order valence-electron chi connectivity index (χ4n) is 1.95. The molecule has 5 nitrogen and oxygen atoms in total. The van der Waals surface area contributed by atoms with Gasteiger partial charge in [0.05, 0.1) is 11.1 Å². The monoisotopic (exact) mass is 254 g/mol.